The van der Waals surface area contributed by atoms with Gasteiger partial charge in [-0.15, -0.1) is 0 Å². The molecule has 2 nitrogen and oxygen atoms in total. The van der Waals surface area contributed by atoms with Crippen molar-refractivity contribution in [3.05, 3.63) is 52.1 Å². The lowest BCUT2D eigenvalue weighted by molar-refractivity contribution is 0.101. The second-order valence-electron chi connectivity index (χ2n) is 7.78. The summed E-state index contributed by atoms with van der Waals surface area (Å²) in [5.74, 6) is 1.13. The zero-order chi connectivity index (χ0) is 16.4. The molecule has 1 heterocycles. The number of carbonyl (C=O) groups excluding carboxylic acids is 1. The number of carbonyl (C=O) groups is 1. The van der Waals surface area contributed by atoms with Crippen molar-refractivity contribution in [2.45, 2.75) is 52.0 Å². The maximum atomic E-state index is 11.6. The predicted molar refractivity (Wildman–Crippen MR) is 95.2 cm³/mol. The zero-order valence-corrected chi connectivity index (χ0v) is 14.3. The number of benzene rings is 1. The van der Waals surface area contributed by atoms with Gasteiger partial charge in [-0.3, -0.25) is 9.79 Å². The van der Waals surface area contributed by atoms with Gasteiger partial charge < -0.3 is 0 Å². The van der Waals surface area contributed by atoms with Crippen molar-refractivity contribution in [2.75, 3.05) is 0 Å². The quantitative estimate of drug-likeness (QED) is 0.532. The van der Waals surface area contributed by atoms with Gasteiger partial charge in [-0.25, -0.2) is 0 Å². The van der Waals surface area contributed by atoms with Gasteiger partial charge in [0, 0.05) is 29.5 Å². The third-order valence-electron chi connectivity index (χ3n) is 5.48. The lowest BCUT2D eigenvalue weighted by atomic mass is 9.71. The van der Waals surface area contributed by atoms with E-state index in [9.17, 15) is 4.79 Å². The highest BCUT2D eigenvalue weighted by atomic mass is 16.1. The molecule has 1 saturated carbocycles. The molecule has 3 aliphatic rings. The Balaban J connectivity index is 1.74. The van der Waals surface area contributed by atoms with Gasteiger partial charge in [0.1, 0.15) is 0 Å². The third-order valence-corrected chi connectivity index (χ3v) is 5.48. The maximum absolute atomic E-state index is 11.6. The number of allylic oxidation sites excluding steroid dienone is 2. The summed E-state index contributed by atoms with van der Waals surface area (Å²) in [4.78, 5) is 16.6. The third kappa shape index (κ3) is 2.32. The van der Waals surface area contributed by atoms with Gasteiger partial charge in [0.2, 0.25) is 0 Å². The van der Waals surface area contributed by atoms with Crippen molar-refractivity contribution in [1.82, 2.24) is 0 Å². The van der Waals surface area contributed by atoms with Crippen LogP contribution in [0.3, 0.4) is 0 Å². The van der Waals surface area contributed by atoms with E-state index in [1.165, 1.54) is 28.0 Å². The van der Waals surface area contributed by atoms with Crippen LogP contribution in [0.25, 0.3) is 6.08 Å². The lowest BCUT2D eigenvalue weighted by Crippen LogP contribution is -2.33. The van der Waals surface area contributed by atoms with Crippen molar-refractivity contribution < 1.29 is 4.79 Å². The Hall–Kier alpha value is -1.96. The average molecular weight is 305 g/mol. The number of ketones is 1. The molecule has 2 unspecified atom stereocenters. The summed E-state index contributed by atoms with van der Waals surface area (Å²) in [6.45, 7) is 8.26. The molecular weight excluding hydrogens is 282 g/mol. The molecule has 1 aromatic rings. The van der Waals surface area contributed by atoms with E-state index in [0.717, 1.165) is 18.4 Å². The van der Waals surface area contributed by atoms with E-state index in [1.54, 1.807) is 6.92 Å². The van der Waals surface area contributed by atoms with Crippen LogP contribution in [-0.4, -0.2) is 17.0 Å². The monoisotopic (exact) mass is 305 g/mol. The number of hydrogen-bond donors (Lipinski definition) is 0. The topological polar surface area (TPSA) is 29.4 Å². The van der Waals surface area contributed by atoms with Crippen molar-refractivity contribution in [3.8, 4) is 0 Å². The average Bonchev–Trinajstić information content (AvgIpc) is 2.80. The highest BCUT2D eigenvalue weighted by Gasteiger charge is 2.38. The molecule has 2 heteroatoms. The van der Waals surface area contributed by atoms with Crippen molar-refractivity contribution in [2.24, 2.45) is 10.9 Å². The summed E-state index contributed by atoms with van der Waals surface area (Å²) in [6, 6.07) is 6.20. The van der Waals surface area contributed by atoms with Crippen molar-refractivity contribution in [1.29, 1.82) is 0 Å². The Labute approximate surface area is 138 Å². The van der Waals surface area contributed by atoms with Gasteiger partial charge >= 0.3 is 0 Å². The molecule has 0 bridgehead atoms. The van der Waals surface area contributed by atoms with Crippen LogP contribution in [-0.2, 0) is 0 Å². The first kappa shape index (κ1) is 14.6. The summed E-state index contributed by atoms with van der Waals surface area (Å²) in [6.07, 6.45) is 6.72. The van der Waals surface area contributed by atoms with Crippen LogP contribution in [0, 0.1) is 5.92 Å². The summed E-state index contributed by atoms with van der Waals surface area (Å²) < 4.78 is 0. The van der Waals surface area contributed by atoms with E-state index >= 15 is 0 Å². The Kier molecular flexibility index (Phi) is 3.03. The number of rotatable bonds is 1. The molecule has 0 amide bonds. The van der Waals surface area contributed by atoms with Gasteiger partial charge in [0.25, 0.3) is 0 Å². The molecule has 0 spiro atoms. The van der Waals surface area contributed by atoms with E-state index in [-0.39, 0.29) is 11.3 Å². The van der Waals surface area contributed by atoms with Gasteiger partial charge in [0.05, 0.1) is 5.54 Å². The van der Waals surface area contributed by atoms with Crippen molar-refractivity contribution >= 4 is 17.6 Å². The fraction of sp³-hybridized carbons (Fsp3) is 0.429. The molecule has 2 atom stereocenters. The first-order valence-corrected chi connectivity index (χ1v) is 8.47. The predicted octanol–water partition coefficient (Wildman–Crippen LogP) is 4.96. The molecule has 0 aromatic heterocycles. The number of aliphatic imine (C=N–C) groups is 1. The molecule has 0 N–H and O–H groups in total. The van der Waals surface area contributed by atoms with Crippen LogP contribution in [0.2, 0.25) is 0 Å². The zero-order valence-electron chi connectivity index (χ0n) is 14.3. The Morgan fingerprint density at radius 3 is 2.78 bits per heavy atom. The molecule has 0 saturated heterocycles. The fourth-order valence-electron chi connectivity index (χ4n) is 4.52. The van der Waals surface area contributed by atoms with E-state index in [1.807, 2.05) is 6.07 Å². The molecule has 1 aliphatic heterocycles. The minimum atomic E-state index is -0.0728. The van der Waals surface area contributed by atoms with Crippen LogP contribution in [0.15, 0.2) is 40.4 Å². The normalized spacial score (nSPS) is 27.2. The van der Waals surface area contributed by atoms with E-state index in [4.69, 9.17) is 4.99 Å². The van der Waals surface area contributed by atoms with E-state index < -0.39 is 0 Å². The molecule has 0 radical (unpaired) electrons. The molecule has 1 aromatic carbocycles. The van der Waals surface area contributed by atoms with Gasteiger partial charge in [-0.2, -0.15) is 0 Å². The summed E-state index contributed by atoms with van der Waals surface area (Å²) in [7, 11) is 0. The van der Waals surface area contributed by atoms with E-state index in [2.05, 4.69) is 45.1 Å². The van der Waals surface area contributed by atoms with Crippen molar-refractivity contribution in [3.63, 3.8) is 0 Å². The first-order valence-electron chi connectivity index (χ1n) is 8.47. The largest absolute Gasteiger partial charge is 0.295 e. The van der Waals surface area contributed by atoms with Crippen LogP contribution in [0.1, 0.15) is 67.9 Å². The Bertz CT molecular complexity index is 807. The maximum Gasteiger partial charge on any atom is 0.159 e. The number of nitrogens with zero attached hydrogens (tertiary/aromatic N) is 1. The SMILES string of the molecule is CC(=O)c1ccc2c(c1)C=C1CC3=NC(C)(C)C=C(C)C3CC12. The highest BCUT2D eigenvalue weighted by Crippen LogP contribution is 2.49. The smallest absolute Gasteiger partial charge is 0.159 e. The summed E-state index contributed by atoms with van der Waals surface area (Å²) in [5, 5.41) is 0. The second-order valence-corrected chi connectivity index (χ2v) is 7.78. The van der Waals surface area contributed by atoms with E-state index in [0.29, 0.717) is 11.8 Å². The molecule has 23 heavy (non-hydrogen) atoms. The van der Waals surface area contributed by atoms with Crippen LogP contribution < -0.4 is 0 Å². The van der Waals surface area contributed by atoms with Gasteiger partial charge in [-0.05, 0) is 51.3 Å². The van der Waals surface area contributed by atoms with Gasteiger partial charge in [-0.1, -0.05) is 35.4 Å². The van der Waals surface area contributed by atoms with Crippen LogP contribution >= 0.6 is 0 Å². The molecule has 1 fully saturated rings. The summed E-state index contributed by atoms with van der Waals surface area (Å²) >= 11 is 0. The molecule has 118 valence electrons. The molecule has 4 rings (SSSR count). The summed E-state index contributed by atoms with van der Waals surface area (Å²) in [5.41, 5.74) is 7.65. The van der Waals surface area contributed by atoms with Crippen LogP contribution in [0.5, 0.6) is 0 Å². The first-order chi connectivity index (χ1) is 10.8. The second kappa shape index (κ2) is 4.77. The fourth-order valence-corrected chi connectivity index (χ4v) is 4.52. The lowest BCUT2D eigenvalue weighted by Gasteiger charge is -2.37. The highest BCUT2D eigenvalue weighted by molar-refractivity contribution is 5.97. The Morgan fingerprint density at radius 2 is 2.04 bits per heavy atom. The van der Waals surface area contributed by atoms with Gasteiger partial charge in [0.15, 0.2) is 5.78 Å². The number of dihydropyridines is 1. The molecule has 2 aliphatic carbocycles. The number of fused-ring (bicyclic) bond motifs is 4. The molecular formula is C21H23NO. The van der Waals surface area contributed by atoms with Crippen LogP contribution in [0.4, 0.5) is 0 Å². The minimum Gasteiger partial charge on any atom is -0.295 e. The number of hydrogen-bond acceptors (Lipinski definition) is 2. The Morgan fingerprint density at radius 1 is 1.26 bits per heavy atom. The minimum absolute atomic E-state index is 0.0728. The number of Topliss-reactive ketones (excluding diaryl/α,β-unsaturated/α-hetero) is 1. The standard InChI is InChI=1S/C21H23NO/c1-12-11-21(3,4)22-20-9-16-8-15-7-14(13(2)23)5-6-17(15)19(16)10-18(12)20/h5-8,11,18-19H,9-10H2,1-4H3.